The van der Waals surface area contributed by atoms with Gasteiger partial charge in [0.15, 0.2) is 0 Å². The number of aromatic nitrogens is 1. The van der Waals surface area contributed by atoms with Crippen molar-refractivity contribution >= 4 is 29.0 Å². The number of fused-ring (bicyclic) bond motifs is 1. The molecule has 4 nitrogen and oxygen atoms in total. The predicted molar refractivity (Wildman–Crippen MR) is 109 cm³/mol. The van der Waals surface area contributed by atoms with Gasteiger partial charge in [0.2, 0.25) is 0 Å². The van der Waals surface area contributed by atoms with Crippen LogP contribution in [0.25, 0.3) is 23.1 Å². The largest absolute Gasteiger partial charge is 0.494 e. The van der Waals surface area contributed by atoms with E-state index in [4.69, 9.17) is 4.74 Å². The number of carboxylic acid groups (broad SMARTS) is 1. The van der Waals surface area contributed by atoms with Crippen LogP contribution in [0.3, 0.4) is 0 Å². The van der Waals surface area contributed by atoms with Crippen LogP contribution in [0.5, 0.6) is 5.75 Å². The van der Waals surface area contributed by atoms with Gasteiger partial charge in [-0.1, -0.05) is 56.2 Å². The molecule has 1 N–H and O–H groups in total. The Kier molecular flexibility index (Phi) is 6.21. The molecule has 0 unspecified atom stereocenters. The highest BCUT2D eigenvalue weighted by Crippen LogP contribution is 2.20. The van der Waals surface area contributed by atoms with Gasteiger partial charge in [0.05, 0.1) is 23.4 Å². The van der Waals surface area contributed by atoms with Gasteiger partial charge in [0.1, 0.15) is 5.75 Å². The first kappa shape index (κ1) is 18.6. The number of carbonyl (C=O) groups is 1. The lowest BCUT2D eigenvalue weighted by Crippen LogP contribution is -2.00. The van der Waals surface area contributed by atoms with Crippen molar-refractivity contribution in [3.05, 3.63) is 71.4 Å². The first-order valence-corrected chi connectivity index (χ1v) is 9.21. The Balaban J connectivity index is 1.75. The molecule has 0 bridgehead atoms. The highest BCUT2D eigenvalue weighted by molar-refractivity contribution is 6.03. The Morgan fingerprint density at radius 2 is 1.85 bits per heavy atom. The van der Waals surface area contributed by atoms with Crippen LogP contribution in [-0.4, -0.2) is 22.7 Å². The van der Waals surface area contributed by atoms with Crippen molar-refractivity contribution in [2.75, 3.05) is 6.61 Å². The molecule has 3 rings (SSSR count). The number of hydrogen-bond acceptors (Lipinski definition) is 3. The van der Waals surface area contributed by atoms with E-state index in [-0.39, 0.29) is 5.56 Å². The van der Waals surface area contributed by atoms with E-state index < -0.39 is 5.97 Å². The van der Waals surface area contributed by atoms with Crippen LogP contribution >= 0.6 is 0 Å². The number of benzene rings is 2. The Labute approximate surface area is 159 Å². The minimum atomic E-state index is -0.951. The van der Waals surface area contributed by atoms with E-state index in [0.29, 0.717) is 16.6 Å². The number of carboxylic acids is 1. The molecule has 0 fully saturated rings. The van der Waals surface area contributed by atoms with E-state index in [1.54, 1.807) is 12.1 Å². The first-order valence-electron chi connectivity index (χ1n) is 9.21. The summed E-state index contributed by atoms with van der Waals surface area (Å²) in [6.07, 6.45) is 7.18. The second-order valence-electron chi connectivity index (χ2n) is 6.37. The summed E-state index contributed by atoms with van der Waals surface area (Å²) in [5.74, 6) is -0.0897. The summed E-state index contributed by atoms with van der Waals surface area (Å²) in [7, 11) is 0. The van der Waals surface area contributed by atoms with Gasteiger partial charge in [-0.05, 0) is 42.3 Å². The van der Waals surface area contributed by atoms with Crippen LogP contribution in [0, 0.1) is 0 Å². The molecule has 4 heteroatoms. The third-order valence-corrected chi connectivity index (χ3v) is 4.31. The van der Waals surface area contributed by atoms with Gasteiger partial charge in [-0.25, -0.2) is 9.78 Å². The average Bonchev–Trinajstić information content (AvgIpc) is 2.70. The van der Waals surface area contributed by atoms with Crippen LogP contribution in [0.2, 0.25) is 0 Å². The summed E-state index contributed by atoms with van der Waals surface area (Å²) >= 11 is 0. The molecule has 3 aromatic rings. The summed E-state index contributed by atoms with van der Waals surface area (Å²) in [5.41, 5.74) is 2.55. The lowest BCUT2D eigenvalue weighted by atomic mass is 10.1. The van der Waals surface area contributed by atoms with E-state index in [0.717, 1.165) is 24.3 Å². The zero-order valence-corrected chi connectivity index (χ0v) is 15.4. The third-order valence-electron chi connectivity index (χ3n) is 4.31. The molecule has 0 atom stereocenters. The zero-order chi connectivity index (χ0) is 19.1. The normalized spacial score (nSPS) is 11.1. The molecule has 0 aliphatic carbocycles. The molecular formula is C23H23NO3. The Morgan fingerprint density at radius 1 is 1.07 bits per heavy atom. The molecule has 2 aromatic carbocycles. The molecule has 0 saturated carbocycles. The molecule has 0 spiro atoms. The quantitative estimate of drug-likeness (QED) is 0.525. The van der Waals surface area contributed by atoms with Crippen molar-refractivity contribution in [2.45, 2.75) is 26.2 Å². The van der Waals surface area contributed by atoms with Crippen molar-refractivity contribution in [1.29, 1.82) is 0 Å². The van der Waals surface area contributed by atoms with Crippen LogP contribution in [0.4, 0.5) is 0 Å². The molecule has 0 radical (unpaired) electrons. The highest BCUT2D eigenvalue weighted by Gasteiger charge is 2.10. The number of aromatic carboxylic acids is 1. The minimum absolute atomic E-state index is 0.260. The van der Waals surface area contributed by atoms with Gasteiger partial charge in [-0.2, -0.15) is 0 Å². The number of pyridine rings is 1. The molecule has 0 aliphatic rings. The van der Waals surface area contributed by atoms with Crippen molar-refractivity contribution in [3.63, 3.8) is 0 Å². The minimum Gasteiger partial charge on any atom is -0.494 e. The highest BCUT2D eigenvalue weighted by atomic mass is 16.5. The van der Waals surface area contributed by atoms with Crippen molar-refractivity contribution in [3.8, 4) is 5.75 Å². The van der Waals surface area contributed by atoms with E-state index in [1.807, 2.05) is 54.6 Å². The standard InChI is InChI=1S/C23H23NO3/c1-2-3-6-15-27-19-13-10-17(11-14-19)9-12-18-16-21(23(25)26)20-7-4-5-8-22(20)24-18/h4-5,7-14,16H,2-3,6,15H2,1H3,(H,25,26)/b12-9+. The maximum absolute atomic E-state index is 11.5. The maximum atomic E-state index is 11.5. The second kappa shape index (κ2) is 8.99. The van der Waals surface area contributed by atoms with Gasteiger partial charge in [-0.15, -0.1) is 0 Å². The van der Waals surface area contributed by atoms with E-state index in [2.05, 4.69) is 11.9 Å². The summed E-state index contributed by atoms with van der Waals surface area (Å²) in [6.45, 7) is 2.91. The Morgan fingerprint density at radius 3 is 2.59 bits per heavy atom. The summed E-state index contributed by atoms with van der Waals surface area (Å²) in [6, 6.07) is 16.7. The topological polar surface area (TPSA) is 59.4 Å². The molecule has 138 valence electrons. The lowest BCUT2D eigenvalue weighted by Gasteiger charge is -2.06. The van der Waals surface area contributed by atoms with Crippen LogP contribution in [0.15, 0.2) is 54.6 Å². The van der Waals surface area contributed by atoms with Gasteiger partial charge in [0, 0.05) is 5.39 Å². The van der Waals surface area contributed by atoms with Crippen molar-refractivity contribution in [2.24, 2.45) is 0 Å². The van der Waals surface area contributed by atoms with E-state index >= 15 is 0 Å². The van der Waals surface area contributed by atoms with Gasteiger partial charge in [-0.3, -0.25) is 0 Å². The SMILES string of the molecule is CCCCCOc1ccc(/C=C/c2cc(C(=O)O)c3ccccc3n2)cc1. The fourth-order valence-corrected chi connectivity index (χ4v) is 2.86. The fraction of sp³-hybridized carbons (Fsp3) is 0.217. The van der Waals surface area contributed by atoms with Crippen molar-refractivity contribution < 1.29 is 14.6 Å². The molecule has 1 aromatic heterocycles. The molecule has 0 aliphatic heterocycles. The number of hydrogen-bond donors (Lipinski definition) is 1. The number of ether oxygens (including phenoxy) is 1. The number of rotatable bonds is 8. The fourth-order valence-electron chi connectivity index (χ4n) is 2.86. The molecule has 1 heterocycles. The molecule has 27 heavy (non-hydrogen) atoms. The maximum Gasteiger partial charge on any atom is 0.336 e. The third kappa shape index (κ3) is 4.94. The predicted octanol–water partition coefficient (Wildman–Crippen LogP) is 5.67. The first-order chi connectivity index (χ1) is 13.2. The number of nitrogens with zero attached hydrogens (tertiary/aromatic N) is 1. The summed E-state index contributed by atoms with van der Waals surface area (Å²) < 4.78 is 5.71. The summed E-state index contributed by atoms with van der Waals surface area (Å²) in [4.78, 5) is 16.1. The Hall–Kier alpha value is -3.14. The van der Waals surface area contributed by atoms with Crippen LogP contribution in [-0.2, 0) is 0 Å². The van der Waals surface area contributed by atoms with Crippen LogP contribution in [0.1, 0.15) is 47.8 Å². The Bertz CT molecular complexity index is 945. The molecule has 0 amide bonds. The van der Waals surface area contributed by atoms with Gasteiger partial charge < -0.3 is 9.84 Å². The monoisotopic (exact) mass is 361 g/mol. The molecule has 0 saturated heterocycles. The smallest absolute Gasteiger partial charge is 0.336 e. The molecular weight excluding hydrogens is 338 g/mol. The second-order valence-corrected chi connectivity index (χ2v) is 6.37. The number of unbranched alkanes of at least 4 members (excludes halogenated alkanes) is 2. The van der Waals surface area contributed by atoms with Crippen molar-refractivity contribution in [1.82, 2.24) is 4.98 Å². The van der Waals surface area contributed by atoms with Crippen LogP contribution < -0.4 is 4.74 Å². The van der Waals surface area contributed by atoms with E-state index in [9.17, 15) is 9.90 Å². The van der Waals surface area contributed by atoms with Gasteiger partial charge in [0.25, 0.3) is 0 Å². The zero-order valence-electron chi connectivity index (χ0n) is 15.4. The van der Waals surface area contributed by atoms with Gasteiger partial charge >= 0.3 is 5.97 Å². The average molecular weight is 361 g/mol. The lowest BCUT2D eigenvalue weighted by molar-refractivity contribution is 0.0699. The number of para-hydroxylation sites is 1. The summed E-state index contributed by atoms with van der Waals surface area (Å²) in [5, 5.41) is 10.1. The van der Waals surface area contributed by atoms with E-state index in [1.165, 1.54) is 12.8 Å².